The lowest BCUT2D eigenvalue weighted by molar-refractivity contribution is -0.141. The maximum Gasteiger partial charge on any atom is 0.307 e. The molecule has 4 nitrogen and oxygen atoms in total. The van der Waals surface area contributed by atoms with Gasteiger partial charge in [0.2, 0.25) is 5.88 Å². The Kier molecular flexibility index (Phi) is 2.30. The summed E-state index contributed by atoms with van der Waals surface area (Å²) in [6.07, 6.45) is 1.58. The van der Waals surface area contributed by atoms with Crippen molar-refractivity contribution in [3.63, 3.8) is 0 Å². The molecule has 0 aliphatic heterocycles. The van der Waals surface area contributed by atoms with Crippen LogP contribution in [0.2, 0.25) is 0 Å². The Morgan fingerprint density at radius 1 is 1.60 bits per heavy atom. The maximum atomic E-state index is 13.3. The first kappa shape index (κ1) is 9.89. The van der Waals surface area contributed by atoms with Crippen LogP contribution in [-0.4, -0.2) is 23.2 Å². The fourth-order valence-corrected chi connectivity index (χ4v) is 1.89. The minimum Gasteiger partial charge on any atom is -0.481 e. The summed E-state index contributed by atoms with van der Waals surface area (Å²) in [6, 6.07) is 0. The Bertz CT molecular complexity index is 419. The molecule has 0 fully saturated rings. The molecule has 1 aromatic rings. The normalized spacial score (nSPS) is 18.7. The van der Waals surface area contributed by atoms with Gasteiger partial charge in [0.1, 0.15) is 5.82 Å². The zero-order valence-electron chi connectivity index (χ0n) is 8.16. The van der Waals surface area contributed by atoms with Crippen LogP contribution < -0.4 is 4.74 Å². The number of hydrogen-bond donors (Lipinski definition) is 1. The number of aromatic nitrogens is 1. The summed E-state index contributed by atoms with van der Waals surface area (Å²) in [5.41, 5.74) is 1.01. The van der Waals surface area contributed by atoms with Crippen molar-refractivity contribution in [2.75, 3.05) is 7.11 Å². The summed E-state index contributed by atoms with van der Waals surface area (Å²) in [5, 5.41) is 8.86. The number of pyridine rings is 1. The third-order valence-corrected chi connectivity index (χ3v) is 2.65. The Morgan fingerprint density at radius 2 is 2.27 bits per heavy atom. The molecule has 0 saturated heterocycles. The van der Waals surface area contributed by atoms with Gasteiger partial charge in [-0.25, -0.2) is 9.37 Å². The molecular formula is C10H10FNO3. The highest BCUT2D eigenvalue weighted by molar-refractivity contribution is 5.72. The third kappa shape index (κ3) is 1.54. The molecule has 0 aromatic carbocycles. The van der Waals surface area contributed by atoms with E-state index in [0.717, 1.165) is 6.20 Å². The van der Waals surface area contributed by atoms with Crippen LogP contribution in [0.15, 0.2) is 6.20 Å². The highest BCUT2D eigenvalue weighted by Crippen LogP contribution is 2.33. The molecule has 0 bridgehead atoms. The van der Waals surface area contributed by atoms with E-state index in [1.165, 1.54) is 7.11 Å². The summed E-state index contributed by atoms with van der Waals surface area (Å²) in [6.45, 7) is 0. The smallest absolute Gasteiger partial charge is 0.307 e. The van der Waals surface area contributed by atoms with Gasteiger partial charge >= 0.3 is 5.97 Å². The van der Waals surface area contributed by atoms with Gasteiger partial charge < -0.3 is 9.84 Å². The first-order valence-electron chi connectivity index (χ1n) is 4.56. The molecule has 0 radical (unpaired) electrons. The molecule has 1 unspecified atom stereocenters. The molecule has 1 heterocycles. The van der Waals surface area contributed by atoms with Crippen LogP contribution in [0.1, 0.15) is 11.1 Å². The molecule has 1 N–H and O–H groups in total. The number of hydrogen-bond acceptors (Lipinski definition) is 3. The zero-order chi connectivity index (χ0) is 11.0. The number of ether oxygens (including phenoxy) is 1. The van der Waals surface area contributed by atoms with Crippen LogP contribution in [0.5, 0.6) is 5.88 Å². The highest BCUT2D eigenvalue weighted by atomic mass is 19.1. The van der Waals surface area contributed by atoms with Crippen LogP contribution >= 0.6 is 0 Å². The first-order chi connectivity index (χ1) is 7.13. The number of carboxylic acids is 1. The first-order valence-corrected chi connectivity index (χ1v) is 4.56. The lowest BCUT2D eigenvalue weighted by atomic mass is 10.1. The van der Waals surface area contributed by atoms with E-state index in [4.69, 9.17) is 9.84 Å². The highest BCUT2D eigenvalue weighted by Gasteiger charge is 2.32. The van der Waals surface area contributed by atoms with Crippen molar-refractivity contribution in [1.29, 1.82) is 0 Å². The largest absolute Gasteiger partial charge is 0.481 e. The van der Waals surface area contributed by atoms with Crippen molar-refractivity contribution in [1.82, 2.24) is 4.98 Å². The van der Waals surface area contributed by atoms with Crippen LogP contribution in [-0.2, 0) is 17.6 Å². The number of nitrogens with zero attached hydrogens (tertiary/aromatic N) is 1. The van der Waals surface area contributed by atoms with Crippen molar-refractivity contribution < 1.29 is 19.0 Å². The zero-order valence-corrected chi connectivity index (χ0v) is 8.16. The Morgan fingerprint density at radius 3 is 2.87 bits per heavy atom. The molecule has 1 aliphatic carbocycles. The molecule has 0 spiro atoms. The lowest BCUT2D eigenvalue weighted by Gasteiger charge is -2.05. The van der Waals surface area contributed by atoms with Gasteiger partial charge in [0, 0.05) is 5.56 Å². The summed E-state index contributed by atoms with van der Waals surface area (Å²) < 4.78 is 18.3. The third-order valence-electron chi connectivity index (χ3n) is 2.65. The molecule has 5 heteroatoms. The van der Waals surface area contributed by atoms with Crippen molar-refractivity contribution in [3.05, 3.63) is 23.1 Å². The molecule has 2 rings (SSSR count). The average Bonchev–Trinajstić information content (AvgIpc) is 2.64. The van der Waals surface area contributed by atoms with Gasteiger partial charge in [-0.3, -0.25) is 4.79 Å². The van der Waals surface area contributed by atoms with E-state index in [1.54, 1.807) is 0 Å². The molecule has 0 amide bonds. The molecule has 15 heavy (non-hydrogen) atoms. The van der Waals surface area contributed by atoms with Gasteiger partial charge in [0.25, 0.3) is 0 Å². The monoisotopic (exact) mass is 211 g/mol. The molecular weight excluding hydrogens is 201 g/mol. The van der Waals surface area contributed by atoms with Crippen LogP contribution in [0, 0.1) is 11.7 Å². The summed E-state index contributed by atoms with van der Waals surface area (Å²) in [5.74, 6) is -1.59. The molecule has 1 aromatic heterocycles. The van der Waals surface area contributed by atoms with Gasteiger partial charge in [0.05, 0.1) is 19.2 Å². The van der Waals surface area contributed by atoms with Crippen LogP contribution in [0.25, 0.3) is 0 Å². The van der Waals surface area contributed by atoms with Gasteiger partial charge in [-0.1, -0.05) is 0 Å². The Labute approximate surface area is 85.7 Å². The van der Waals surface area contributed by atoms with Crippen molar-refractivity contribution in [3.8, 4) is 5.88 Å². The van der Waals surface area contributed by atoms with Crippen molar-refractivity contribution in [2.45, 2.75) is 12.8 Å². The predicted octanol–water partition coefficient (Wildman–Crippen LogP) is 1.03. The summed E-state index contributed by atoms with van der Waals surface area (Å²) >= 11 is 0. The number of rotatable bonds is 2. The fourth-order valence-electron chi connectivity index (χ4n) is 1.89. The second-order valence-corrected chi connectivity index (χ2v) is 3.52. The molecule has 0 saturated carbocycles. The molecule has 80 valence electrons. The standard InChI is InChI=1S/C10H10FNO3/c1-15-9-7-3-5(10(13)14)2-6(7)8(11)4-12-9/h4-5H,2-3H2,1H3,(H,13,14). The van der Waals surface area contributed by atoms with E-state index >= 15 is 0 Å². The van der Waals surface area contributed by atoms with Crippen molar-refractivity contribution in [2.24, 2.45) is 5.92 Å². The van der Waals surface area contributed by atoms with Gasteiger partial charge in [-0.05, 0) is 18.4 Å². The number of aliphatic carboxylic acids is 1. The SMILES string of the molecule is COc1ncc(F)c2c1CC(C(=O)O)C2. The minimum atomic E-state index is -0.910. The number of carbonyl (C=O) groups is 1. The van der Waals surface area contributed by atoms with E-state index in [1.807, 2.05) is 0 Å². The maximum absolute atomic E-state index is 13.3. The lowest BCUT2D eigenvalue weighted by Crippen LogP contribution is -2.13. The predicted molar refractivity (Wildman–Crippen MR) is 49.3 cm³/mol. The Hall–Kier alpha value is -1.65. The van der Waals surface area contributed by atoms with Gasteiger partial charge in [-0.15, -0.1) is 0 Å². The topological polar surface area (TPSA) is 59.4 Å². The number of methoxy groups -OCH3 is 1. The van der Waals surface area contributed by atoms with Crippen molar-refractivity contribution >= 4 is 5.97 Å². The van der Waals surface area contributed by atoms with E-state index in [0.29, 0.717) is 23.4 Å². The van der Waals surface area contributed by atoms with Gasteiger partial charge in [0.15, 0.2) is 0 Å². The fraction of sp³-hybridized carbons (Fsp3) is 0.400. The molecule has 1 atom stereocenters. The molecule has 1 aliphatic rings. The summed E-state index contributed by atoms with van der Waals surface area (Å²) in [4.78, 5) is 14.6. The second kappa shape index (κ2) is 3.49. The average molecular weight is 211 g/mol. The van der Waals surface area contributed by atoms with E-state index in [-0.39, 0.29) is 6.42 Å². The van der Waals surface area contributed by atoms with Crippen LogP contribution in [0.4, 0.5) is 4.39 Å². The van der Waals surface area contributed by atoms with E-state index < -0.39 is 17.7 Å². The van der Waals surface area contributed by atoms with Gasteiger partial charge in [-0.2, -0.15) is 0 Å². The summed E-state index contributed by atoms with van der Waals surface area (Å²) in [7, 11) is 1.44. The minimum absolute atomic E-state index is 0.218. The van der Waals surface area contributed by atoms with E-state index in [2.05, 4.69) is 4.98 Å². The number of fused-ring (bicyclic) bond motifs is 1. The van der Waals surface area contributed by atoms with E-state index in [9.17, 15) is 9.18 Å². The van der Waals surface area contributed by atoms with Crippen LogP contribution in [0.3, 0.4) is 0 Å². The number of carboxylic acid groups (broad SMARTS) is 1. The quantitative estimate of drug-likeness (QED) is 0.793. The second-order valence-electron chi connectivity index (χ2n) is 3.52. The number of halogens is 1. The Balaban J connectivity index is 2.43.